The molecule has 84 valence electrons. The van der Waals surface area contributed by atoms with Gasteiger partial charge >= 0.3 is 0 Å². The van der Waals surface area contributed by atoms with Crippen molar-refractivity contribution in [2.24, 2.45) is 0 Å². The van der Waals surface area contributed by atoms with Crippen LogP contribution in [0.25, 0.3) is 11.5 Å². The van der Waals surface area contributed by atoms with Gasteiger partial charge in [-0.3, -0.25) is 0 Å². The summed E-state index contributed by atoms with van der Waals surface area (Å²) in [6, 6.07) is 5.16. The van der Waals surface area contributed by atoms with Crippen LogP contribution in [-0.2, 0) is 6.42 Å². The van der Waals surface area contributed by atoms with Crippen molar-refractivity contribution in [3.63, 3.8) is 0 Å². The van der Waals surface area contributed by atoms with Crippen molar-refractivity contribution < 1.29 is 9.52 Å². The Morgan fingerprint density at radius 2 is 2.06 bits per heavy atom. The molecule has 0 atom stereocenters. The molecule has 1 aromatic heterocycles. The summed E-state index contributed by atoms with van der Waals surface area (Å²) in [5.41, 5.74) is 1.47. The maximum Gasteiger partial charge on any atom is 0.226 e. The maximum absolute atomic E-state index is 8.76. The zero-order chi connectivity index (χ0) is 11.5. The molecule has 2 aromatic rings. The van der Waals surface area contributed by atoms with E-state index in [4.69, 9.17) is 32.7 Å². The van der Waals surface area contributed by atoms with E-state index < -0.39 is 0 Å². The van der Waals surface area contributed by atoms with Gasteiger partial charge in [0.1, 0.15) is 6.26 Å². The molecule has 0 aliphatic carbocycles. The van der Waals surface area contributed by atoms with Crippen molar-refractivity contribution in [2.45, 2.75) is 6.42 Å². The van der Waals surface area contributed by atoms with E-state index in [0.717, 1.165) is 5.56 Å². The second-order valence-electron chi connectivity index (χ2n) is 3.25. The molecular formula is C11H9Cl2NO2. The van der Waals surface area contributed by atoms with Crippen LogP contribution in [0.5, 0.6) is 0 Å². The number of aliphatic hydroxyl groups excluding tert-OH is 1. The molecule has 0 radical (unpaired) electrons. The fourth-order valence-corrected chi connectivity index (χ4v) is 1.60. The zero-order valence-corrected chi connectivity index (χ0v) is 9.79. The van der Waals surface area contributed by atoms with Crippen LogP contribution >= 0.6 is 23.2 Å². The Morgan fingerprint density at radius 3 is 2.75 bits per heavy atom. The van der Waals surface area contributed by atoms with E-state index in [2.05, 4.69) is 4.98 Å². The molecule has 0 unspecified atom stereocenters. The molecule has 16 heavy (non-hydrogen) atoms. The van der Waals surface area contributed by atoms with Gasteiger partial charge in [0.25, 0.3) is 0 Å². The number of oxazole rings is 1. The minimum absolute atomic E-state index is 0.0490. The van der Waals surface area contributed by atoms with Crippen molar-refractivity contribution in [3.05, 3.63) is 40.2 Å². The van der Waals surface area contributed by atoms with Gasteiger partial charge in [-0.2, -0.15) is 0 Å². The first-order valence-corrected chi connectivity index (χ1v) is 5.47. The highest BCUT2D eigenvalue weighted by molar-refractivity contribution is 6.42. The number of hydrogen-bond donors (Lipinski definition) is 1. The van der Waals surface area contributed by atoms with Crippen molar-refractivity contribution in [3.8, 4) is 11.5 Å². The smallest absolute Gasteiger partial charge is 0.226 e. The SMILES string of the molecule is OCCc1coc(-c2ccc(Cl)c(Cl)c2)n1. The molecular weight excluding hydrogens is 249 g/mol. The van der Waals surface area contributed by atoms with Crippen LogP contribution in [-0.4, -0.2) is 16.7 Å². The number of nitrogens with zero attached hydrogens (tertiary/aromatic N) is 1. The van der Waals surface area contributed by atoms with E-state index in [-0.39, 0.29) is 6.61 Å². The first-order chi connectivity index (χ1) is 7.70. The Morgan fingerprint density at radius 1 is 1.25 bits per heavy atom. The third-order valence-electron chi connectivity index (χ3n) is 2.09. The minimum atomic E-state index is 0.0490. The average molecular weight is 258 g/mol. The van der Waals surface area contributed by atoms with Crippen LogP contribution in [0.15, 0.2) is 28.9 Å². The number of halogens is 2. The molecule has 1 N–H and O–H groups in total. The fraction of sp³-hybridized carbons (Fsp3) is 0.182. The van der Waals surface area contributed by atoms with Crippen LogP contribution in [0.1, 0.15) is 5.69 Å². The summed E-state index contributed by atoms with van der Waals surface area (Å²) in [6.07, 6.45) is 2.00. The maximum atomic E-state index is 8.76. The summed E-state index contributed by atoms with van der Waals surface area (Å²) in [4.78, 5) is 4.21. The Labute approximate surface area is 103 Å². The van der Waals surface area contributed by atoms with Crippen molar-refractivity contribution in [1.82, 2.24) is 4.98 Å². The number of hydrogen-bond acceptors (Lipinski definition) is 3. The van der Waals surface area contributed by atoms with Crippen LogP contribution in [0.2, 0.25) is 10.0 Å². The standard InChI is InChI=1S/C11H9Cl2NO2/c12-9-2-1-7(5-10(9)13)11-14-8(3-4-15)6-16-11/h1-2,5-6,15H,3-4H2. The molecule has 0 spiro atoms. The second-order valence-corrected chi connectivity index (χ2v) is 4.06. The van der Waals surface area contributed by atoms with E-state index in [1.54, 1.807) is 18.2 Å². The highest BCUT2D eigenvalue weighted by Gasteiger charge is 2.08. The number of aliphatic hydroxyl groups is 1. The molecule has 0 aliphatic rings. The molecule has 0 amide bonds. The number of benzene rings is 1. The van der Waals surface area contributed by atoms with Crippen LogP contribution < -0.4 is 0 Å². The van der Waals surface area contributed by atoms with E-state index in [0.29, 0.717) is 28.1 Å². The van der Waals surface area contributed by atoms with Crippen LogP contribution in [0.4, 0.5) is 0 Å². The first kappa shape index (κ1) is 11.5. The summed E-state index contributed by atoms with van der Waals surface area (Å²) in [7, 11) is 0. The zero-order valence-electron chi connectivity index (χ0n) is 8.28. The van der Waals surface area contributed by atoms with Gasteiger partial charge in [-0.05, 0) is 18.2 Å². The lowest BCUT2D eigenvalue weighted by molar-refractivity contribution is 0.298. The summed E-state index contributed by atoms with van der Waals surface area (Å²) in [6.45, 7) is 0.0490. The molecule has 1 aromatic carbocycles. The molecule has 0 aliphatic heterocycles. The predicted molar refractivity (Wildman–Crippen MR) is 62.7 cm³/mol. The van der Waals surface area contributed by atoms with Gasteiger partial charge in [-0.15, -0.1) is 0 Å². The molecule has 5 heteroatoms. The van der Waals surface area contributed by atoms with Crippen LogP contribution in [0.3, 0.4) is 0 Å². The van der Waals surface area contributed by atoms with Gasteiger partial charge in [0.05, 0.1) is 15.7 Å². The molecule has 0 saturated carbocycles. The van der Waals surface area contributed by atoms with Gasteiger partial charge in [0.2, 0.25) is 5.89 Å². The lowest BCUT2D eigenvalue weighted by Crippen LogP contribution is -1.90. The van der Waals surface area contributed by atoms with Gasteiger partial charge in [-0.25, -0.2) is 4.98 Å². The highest BCUT2D eigenvalue weighted by atomic mass is 35.5. The molecule has 0 fully saturated rings. The largest absolute Gasteiger partial charge is 0.444 e. The Kier molecular flexibility index (Phi) is 3.49. The lowest BCUT2D eigenvalue weighted by Gasteiger charge is -1.98. The summed E-state index contributed by atoms with van der Waals surface area (Å²) >= 11 is 11.7. The molecule has 0 bridgehead atoms. The van der Waals surface area contributed by atoms with Crippen molar-refractivity contribution in [2.75, 3.05) is 6.61 Å². The van der Waals surface area contributed by atoms with Gasteiger partial charge in [0, 0.05) is 18.6 Å². The highest BCUT2D eigenvalue weighted by Crippen LogP contribution is 2.28. The summed E-state index contributed by atoms with van der Waals surface area (Å²) in [5, 5.41) is 9.71. The van der Waals surface area contributed by atoms with E-state index in [9.17, 15) is 0 Å². The number of aromatic nitrogens is 1. The van der Waals surface area contributed by atoms with Gasteiger partial charge < -0.3 is 9.52 Å². The Bertz CT molecular complexity index is 496. The van der Waals surface area contributed by atoms with Gasteiger partial charge in [0.15, 0.2) is 0 Å². The second kappa shape index (κ2) is 4.87. The molecule has 2 rings (SSSR count). The van der Waals surface area contributed by atoms with E-state index in [1.165, 1.54) is 6.26 Å². The Hall–Kier alpha value is -1.03. The topological polar surface area (TPSA) is 46.3 Å². The third-order valence-corrected chi connectivity index (χ3v) is 2.83. The predicted octanol–water partition coefficient (Wildman–Crippen LogP) is 3.18. The van der Waals surface area contributed by atoms with Crippen LogP contribution in [0, 0.1) is 0 Å². The number of rotatable bonds is 3. The summed E-state index contributed by atoms with van der Waals surface area (Å²) in [5.74, 6) is 0.474. The Balaban J connectivity index is 2.31. The molecule has 1 heterocycles. The normalized spacial score (nSPS) is 10.7. The molecule has 3 nitrogen and oxygen atoms in total. The lowest BCUT2D eigenvalue weighted by atomic mass is 10.2. The van der Waals surface area contributed by atoms with Crippen molar-refractivity contribution >= 4 is 23.2 Å². The first-order valence-electron chi connectivity index (χ1n) is 4.71. The molecule has 0 saturated heterocycles. The van der Waals surface area contributed by atoms with E-state index in [1.807, 2.05) is 0 Å². The quantitative estimate of drug-likeness (QED) is 0.919. The van der Waals surface area contributed by atoms with E-state index >= 15 is 0 Å². The summed E-state index contributed by atoms with van der Waals surface area (Å²) < 4.78 is 5.27. The fourth-order valence-electron chi connectivity index (χ4n) is 1.30. The van der Waals surface area contributed by atoms with Crippen molar-refractivity contribution in [1.29, 1.82) is 0 Å². The third kappa shape index (κ3) is 2.38. The minimum Gasteiger partial charge on any atom is -0.444 e. The monoisotopic (exact) mass is 257 g/mol. The van der Waals surface area contributed by atoms with Gasteiger partial charge in [-0.1, -0.05) is 23.2 Å². The average Bonchev–Trinajstić information content (AvgIpc) is 2.71.